The molecule has 0 bridgehead atoms. The van der Waals surface area contributed by atoms with Crippen LogP contribution in [0.3, 0.4) is 0 Å². The van der Waals surface area contributed by atoms with E-state index >= 15 is 0 Å². The first kappa shape index (κ1) is 12.0. The SMILES string of the molecule is CC(=O)Nc1ccc(Nc2ccccc2N)cc1. The number of benzene rings is 2. The van der Waals surface area contributed by atoms with Crippen molar-refractivity contribution in [2.45, 2.75) is 6.92 Å². The summed E-state index contributed by atoms with van der Waals surface area (Å²) in [6.45, 7) is 1.48. The van der Waals surface area contributed by atoms with Crippen molar-refractivity contribution in [1.82, 2.24) is 0 Å². The molecule has 4 heteroatoms. The second-order valence-corrected chi connectivity index (χ2v) is 3.97. The number of amides is 1. The Hall–Kier alpha value is -2.49. The van der Waals surface area contributed by atoms with Crippen molar-refractivity contribution in [3.05, 3.63) is 48.5 Å². The molecule has 0 atom stereocenters. The van der Waals surface area contributed by atoms with Gasteiger partial charge in [0, 0.05) is 18.3 Å². The zero-order chi connectivity index (χ0) is 13.0. The summed E-state index contributed by atoms with van der Waals surface area (Å²) < 4.78 is 0. The minimum Gasteiger partial charge on any atom is -0.397 e. The van der Waals surface area contributed by atoms with Crippen molar-refractivity contribution in [2.24, 2.45) is 0 Å². The van der Waals surface area contributed by atoms with Gasteiger partial charge in [-0.1, -0.05) is 12.1 Å². The molecule has 0 spiro atoms. The van der Waals surface area contributed by atoms with Crippen molar-refractivity contribution in [1.29, 1.82) is 0 Å². The molecule has 4 nitrogen and oxygen atoms in total. The molecule has 1 amide bonds. The molecule has 0 aliphatic heterocycles. The second kappa shape index (κ2) is 5.23. The van der Waals surface area contributed by atoms with E-state index in [1.54, 1.807) is 0 Å². The van der Waals surface area contributed by atoms with Crippen LogP contribution in [0.25, 0.3) is 0 Å². The van der Waals surface area contributed by atoms with Gasteiger partial charge in [0.2, 0.25) is 5.91 Å². The number of nitrogens with two attached hydrogens (primary N) is 1. The average Bonchev–Trinajstić information content (AvgIpc) is 2.34. The van der Waals surface area contributed by atoms with Gasteiger partial charge in [0.15, 0.2) is 0 Å². The van der Waals surface area contributed by atoms with Crippen molar-refractivity contribution < 1.29 is 4.79 Å². The molecule has 0 unspecified atom stereocenters. The van der Waals surface area contributed by atoms with Gasteiger partial charge in [-0.05, 0) is 36.4 Å². The number of nitrogens with one attached hydrogen (secondary N) is 2. The maximum Gasteiger partial charge on any atom is 0.221 e. The molecule has 92 valence electrons. The predicted octanol–water partition coefficient (Wildman–Crippen LogP) is 2.97. The van der Waals surface area contributed by atoms with Gasteiger partial charge in [0.05, 0.1) is 11.4 Å². The second-order valence-electron chi connectivity index (χ2n) is 3.97. The van der Waals surface area contributed by atoms with E-state index in [-0.39, 0.29) is 5.91 Å². The fourth-order valence-corrected chi connectivity index (χ4v) is 1.61. The molecule has 0 radical (unpaired) electrons. The fraction of sp³-hybridized carbons (Fsp3) is 0.0714. The van der Waals surface area contributed by atoms with Gasteiger partial charge in [-0.3, -0.25) is 4.79 Å². The van der Waals surface area contributed by atoms with Crippen LogP contribution in [0.5, 0.6) is 0 Å². The topological polar surface area (TPSA) is 67.2 Å². The van der Waals surface area contributed by atoms with Gasteiger partial charge in [0.25, 0.3) is 0 Å². The van der Waals surface area contributed by atoms with Crippen LogP contribution >= 0.6 is 0 Å². The number of rotatable bonds is 3. The largest absolute Gasteiger partial charge is 0.397 e. The summed E-state index contributed by atoms with van der Waals surface area (Å²) in [5, 5.41) is 5.93. The Balaban J connectivity index is 2.11. The van der Waals surface area contributed by atoms with E-state index in [4.69, 9.17) is 5.73 Å². The van der Waals surface area contributed by atoms with E-state index in [1.165, 1.54) is 6.92 Å². The third kappa shape index (κ3) is 3.01. The molecule has 0 saturated carbocycles. The maximum absolute atomic E-state index is 10.9. The van der Waals surface area contributed by atoms with E-state index in [2.05, 4.69) is 10.6 Å². The zero-order valence-electron chi connectivity index (χ0n) is 10.1. The molecular formula is C14H15N3O. The predicted molar refractivity (Wildman–Crippen MR) is 74.9 cm³/mol. The van der Waals surface area contributed by atoms with Crippen LogP contribution < -0.4 is 16.4 Å². The minimum atomic E-state index is -0.0805. The van der Waals surface area contributed by atoms with Gasteiger partial charge >= 0.3 is 0 Å². The molecular weight excluding hydrogens is 226 g/mol. The van der Waals surface area contributed by atoms with Crippen LogP contribution in [0.1, 0.15) is 6.92 Å². The Morgan fingerprint density at radius 3 is 2.22 bits per heavy atom. The average molecular weight is 241 g/mol. The summed E-state index contributed by atoms with van der Waals surface area (Å²) >= 11 is 0. The summed E-state index contributed by atoms with van der Waals surface area (Å²) in [5.74, 6) is -0.0805. The van der Waals surface area contributed by atoms with Crippen LogP contribution in [-0.4, -0.2) is 5.91 Å². The van der Waals surface area contributed by atoms with Crippen molar-refractivity contribution in [3.8, 4) is 0 Å². The monoisotopic (exact) mass is 241 g/mol. The highest BCUT2D eigenvalue weighted by Gasteiger charge is 1.99. The summed E-state index contributed by atoms with van der Waals surface area (Å²) in [6, 6.07) is 15.0. The highest BCUT2D eigenvalue weighted by molar-refractivity contribution is 5.89. The maximum atomic E-state index is 10.9. The van der Waals surface area contributed by atoms with E-state index < -0.39 is 0 Å². The van der Waals surface area contributed by atoms with Gasteiger partial charge in [0.1, 0.15) is 0 Å². The number of para-hydroxylation sites is 2. The fourth-order valence-electron chi connectivity index (χ4n) is 1.61. The molecule has 2 aromatic rings. The summed E-state index contributed by atoms with van der Waals surface area (Å²) in [6.07, 6.45) is 0. The van der Waals surface area contributed by atoms with Crippen LogP contribution in [0.2, 0.25) is 0 Å². The number of hydrogen-bond donors (Lipinski definition) is 3. The first-order valence-corrected chi connectivity index (χ1v) is 5.64. The van der Waals surface area contributed by atoms with Gasteiger partial charge < -0.3 is 16.4 Å². The Morgan fingerprint density at radius 2 is 1.61 bits per heavy atom. The quantitative estimate of drug-likeness (QED) is 0.724. The molecule has 0 aliphatic carbocycles. The Labute approximate surface area is 106 Å². The lowest BCUT2D eigenvalue weighted by molar-refractivity contribution is -0.114. The highest BCUT2D eigenvalue weighted by atomic mass is 16.1. The van der Waals surface area contributed by atoms with E-state index in [1.807, 2.05) is 48.5 Å². The smallest absolute Gasteiger partial charge is 0.221 e. The third-order valence-corrected chi connectivity index (χ3v) is 2.45. The first-order chi connectivity index (χ1) is 8.65. The van der Waals surface area contributed by atoms with E-state index in [0.717, 1.165) is 17.1 Å². The molecule has 0 saturated heterocycles. The number of nitrogen functional groups attached to an aromatic ring is 1. The lowest BCUT2D eigenvalue weighted by Gasteiger charge is -2.09. The minimum absolute atomic E-state index is 0.0805. The Kier molecular flexibility index (Phi) is 3.48. The van der Waals surface area contributed by atoms with Crippen molar-refractivity contribution in [2.75, 3.05) is 16.4 Å². The Bertz CT molecular complexity index is 549. The van der Waals surface area contributed by atoms with E-state index in [0.29, 0.717) is 5.69 Å². The van der Waals surface area contributed by atoms with E-state index in [9.17, 15) is 4.79 Å². The third-order valence-electron chi connectivity index (χ3n) is 2.45. The molecule has 0 aromatic heterocycles. The first-order valence-electron chi connectivity index (χ1n) is 5.64. The molecule has 2 aromatic carbocycles. The summed E-state index contributed by atoms with van der Waals surface area (Å²) in [4.78, 5) is 10.9. The standard InChI is InChI=1S/C14H15N3O/c1-10(18)16-11-6-8-12(9-7-11)17-14-5-3-2-4-13(14)15/h2-9,17H,15H2,1H3,(H,16,18). The molecule has 18 heavy (non-hydrogen) atoms. The molecule has 2 rings (SSSR count). The normalized spacial score (nSPS) is 9.83. The van der Waals surface area contributed by atoms with Crippen LogP contribution in [0, 0.1) is 0 Å². The lowest BCUT2D eigenvalue weighted by atomic mass is 10.2. The molecule has 0 fully saturated rings. The highest BCUT2D eigenvalue weighted by Crippen LogP contribution is 2.23. The molecule has 4 N–H and O–H groups in total. The van der Waals surface area contributed by atoms with Gasteiger partial charge in [-0.25, -0.2) is 0 Å². The zero-order valence-corrected chi connectivity index (χ0v) is 10.1. The summed E-state index contributed by atoms with van der Waals surface area (Å²) in [7, 11) is 0. The van der Waals surface area contributed by atoms with Crippen molar-refractivity contribution in [3.63, 3.8) is 0 Å². The number of carbonyl (C=O) groups excluding carboxylic acids is 1. The lowest BCUT2D eigenvalue weighted by Crippen LogP contribution is -2.05. The summed E-state index contributed by atoms with van der Waals surface area (Å²) in [5.41, 5.74) is 9.10. The molecule has 0 heterocycles. The van der Waals surface area contributed by atoms with Crippen LogP contribution in [-0.2, 0) is 4.79 Å². The number of anilines is 4. The van der Waals surface area contributed by atoms with Crippen LogP contribution in [0.4, 0.5) is 22.7 Å². The Morgan fingerprint density at radius 1 is 1.00 bits per heavy atom. The van der Waals surface area contributed by atoms with Gasteiger partial charge in [-0.15, -0.1) is 0 Å². The van der Waals surface area contributed by atoms with Crippen LogP contribution in [0.15, 0.2) is 48.5 Å². The number of hydrogen-bond acceptors (Lipinski definition) is 3. The molecule has 0 aliphatic rings. The van der Waals surface area contributed by atoms with Gasteiger partial charge in [-0.2, -0.15) is 0 Å². The van der Waals surface area contributed by atoms with Crippen molar-refractivity contribution >= 4 is 28.7 Å². The number of carbonyl (C=O) groups is 1.